The predicted molar refractivity (Wildman–Crippen MR) is 164 cm³/mol. The van der Waals surface area contributed by atoms with Crippen LogP contribution in [0.2, 0.25) is 0 Å². The van der Waals surface area contributed by atoms with Crippen LogP contribution < -0.4 is 5.32 Å². The summed E-state index contributed by atoms with van der Waals surface area (Å²) in [6.45, 7) is 15.5. The van der Waals surface area contributed by atoms with Gasteiger partial charge in [-0.1, -0.05) is 41.0 Å². The molecule has 244 valence electrons. The first-order valence-corrected chi connectivity index (χ1v) is 17.5. The normalized spacial score (nSPS) is 45.5. The number of esters is 1. The molecule has 0 aromatic rings. The van der Waals surface area contributed by atoms with E-state index in [1.165, 1.54) is 45.6 Å². The Kier molecular flexibility index (Phi) is 8.64. The molecule has 0 aromatic heterocycles. The molecule has 1 amide bonds. The second-order valence-corrected chi connectivity index (χ2v) is 16.1. The molecule has 43 heavy (non-hydrogen) atoms. The van der Waals surface area contributed by atoms with Crippen LogP contribution in [0.25, 0.3) is 0 Å². The van der Waals surface area contributed by atoms with E-state index in [9.17, 15) is 9.59 Å². The van der Waals surface area contributed by atoms with Gasteiger partial charge in [0.2, 0.25) is 0 Å². The second-order valence-electron chi connectivity index (χ2n) is 16.1. The van der Waals surface area contributed by atoms with Crippen LogP contribution in [0.15, 0.2) is 0 Å². The SMILES string of the molecule is CC[C@]1(C)CC[C@@]23C[C@@]24CC[C@H](OC(=O)N2CCOCC2)C(C)(C)C4CC[C@H]3NCC2OC(CCC(=O)OC)CC(C)C21. The number of nitrogens with one attached hydrogen (secondary N) is 1. The van der Waals surface area contributed by atoms with Crippen LogP contribution in [-0.2, 0) is 23.7 Å². The lowest BCUT2D eigenvalue weighted by Gasteiger charge is -2.55. The highest BCUT2D eigenvalue weighted by atomic mass is 16.6. The summed E-state index contributed by atoms with van der Waals surface area (Å²) < 4.78 is 23.6. The Bertz CT molecular complexity index is 1050. The largest absolute Gasteiger partial charge is 0.469 e. The van der Waals surface area contributed by atoms with Gasteiger partial charge in [-0.05, 0) is 91.8 Å². The third kappa shape index (κ3) is 5.33. The lowest BCUT2D eigenvalue weighted by atomic mass is 9.52. The van der Waals surface area contributed by atoms with E-state index in [0.717, 1.165) is 32.2 Å². The van der Waals surface area contributed by atoms with Crippen LogP contribution in [-0.4, -0.2) is 81.3 Å². The molecule has 1 N–H and O–H groups in total. The van der Waals surface area contributed by atoms with Crippen molar-refractivity contribution in [2.45, 2.75) is 130 Å². The van der Waals surface area contributed by atoms with Crippen molar-refractivity contribution in [2.75, 3.05) is 40.0 Å². The molecule has 6 aliphatic rings. The number of ether oxygens (including phenoxy) is 4. The van der Waals surface area contributed by atoms with Crippen molar-refractivity contribution in [3.05, 3.63) is 0 Å². The van der Waals surface area contributed by atoms with E-state index in [1.54, 1.807) is 0 Å². The molecule has 3 saturated carbocycles. The number of carbonyl (C=O) groups excluding carboxylic acids is 2. The summed E-state index contributed by atoms with van der Waals surface area (Å²) in [4.78, 5) is 26.8. The standard InChI is InChI=1S/C35H58N2O6/c1-7-33(5)14-15-35-22-34(35)13-12-28(43-31(39)37-16-18-41-19-17-37)32(3,4)26(34)9-10-27(35)36-21-25-30(33)23(2)20-24(42-25)8-11-29(38)40-6/h23-28,30,36H,7-22H2,1-6H3/t23?,24?,25?,26?,27-,28+,30?,33-,34-,35+/m1/s1. The molecule has 8 heteroatoms. The zero-order valence-corrected chi connectivity index (χ0v) is 27.8. The maximum atomic E-state index is 13.1. The molecule has 5 unspecified atom stereocenters. The van der Waals surface area contributed by atoms with Crippen LogP contribution in [0.5, 0.6) is 0 Å². The summed E-state index contributed by atoms with van der Waals surface area (Å²) in [5.74, 6) is 1.49. The summed E-state index contributed by atoms with van der Waals surface area (Å²) in [5, 5.41) is 4.15. The first kappa shape index (κ1) is 31.6. The molecule has 0 bridgehead atoms. The van der Waals surface area contributed by atoms with E-state index in [0.29, 0.717) is 67.3 Å². The van der Waals surface area contributed by atoms with Crippen molar-refractivity contribution in [3.63, 3.8) is 0 Å². The van der Waals surface area contributed by atoms with Gasteiger partial charge in [-0.15, -0.1) is 0 Å². The fourth-order valence-electron chi connectivity index (χ4n) is 11.4. The van der Waals surface area contributed by atoms with E-state index < -0.39 is 0 Å². The van der Waals surface area contributed by atoms with E-state index in [2.05, 4.69) is 39.9 Å². The molecular formula is C35H58N2O6. The molecule has 0 radical (unpaired) electrons. The van der Waals surface area contributed by atoms with Gasteiger partial charge in [-0.25, -0.2) is 4.79 Å². The molecule has 0 aromatic carbocycles. The zero-order valence-electron chi connectivity index (χ0n) is 27.8. The summed E-state index contributed by atoms with van der Waals surface area (Å²) in [6.07, 6.45) is 11.8. The number of hydrogen-bond donors (Lipinski definition) is 1. The fourth-order valence-corrected chi connectivity index (χ4v) is 11.4. The molecule has 3 aliphatic heterocycles. The number of nitrogens with zero attached hydrogens (tertiary/aromatic N) is 1. The Morgan fingerprint density at radius 2 is 1.79 bits per heavy atom. The first-order chi connectivity index (χ1) is 20.5. The average Bonchev–Trinajstić information content (AvgIpc) is 3.67. The smallest absolute Gasteiger partial charge is 0.410 e. The molecule has 10 atom stereocenters. The number of hydrogen-bond acceptors (Lipinski definition) is 7. The van der Waals surface area contributed by atoms with Crippen LogP contribution in [0.4, 0.5) is 4.79 Å². The summed E-state index contributed by atoms with van der Waals surface area (Å²) >= 11 is 0. The molecule has 3 saturated heterocycles. The van der Waals surface area contributed by atoms with E-state index in [4.69, 9.17) is 18.9 Å². The highest BCUT2D eigenvalue weighted by Gasteiger charge is 2.77. The van der Waals surface area contributed by atoms with Crippen LogP contribution in [0, 0.1) is 39.4 Å². The van der Waals surface area contributed by atoms with Gasteiger partial charge in [0.05, 0.1) is 32.5 Å². The Labute approximate surface area is 259 Å². The second kappa shape index (κ2) is 11.8. The first-order valence-electron chi connectivity index (χ1n) is 17.5. The summed E-state index contributed by atoms with van der Waals surface area (Å²) in [7, 11) is 1.47. The van der Waals surface area contributed by atoms with Gasteiger partial charge in [-0.2, -0.15) is 0 Å². The monoisotopic (exact) mass is 602 g/mol. The quantitative estimate of drug-likeness (QED) is 0.389. The van der Waals surface area contributed by atoms with Gasteiger partial charge in [0.25, 0.3) is 0 Å². The van der Waals surface area contributed by atoms with E-state index in [1.807, 2.05) is 4.90 Å². The summed E-state index contributed by atoms with van der Waals surface area (Å²) in [5.41, 5.74) is 0.845. The molecule has 6 fully saturated rings. The van der Waals surface area contributed by atoms with Gasteiger partial charge in [0.15, 0.2) is 0 Å². The minimum absolute atomic E-state index is 0.0306. The molecule has 3 heterocycles. The van der Waals surface area contributed by atoms with Gasteiger partial charge >= 0.3 is 12.1 Å². The lowest BCUT2D eigenvalue weighted by Crippen LogP contribution is -2.56. The van der Waals surface area contributed by atoms with Gasteiger partial charge in [-0.3, -0.25) is 4.79 Å². The Balaban J connectivity index is 1.19. The van der Waals surface area contributed by atoms with Crippen molar-refractivity contribution in [1.29, 1.82) is 0 Å². The average molecular weight is 603 g/mol. The molecule has 2 spiro atoms. The molecule has 6 rings (SSSR count). The fraction of sp³-hybridized carbons (Fsp3) is 0.943. The maximum Gasteiger partial charge on any atom is 0.410 e. The summed E-state index contributed by atoms with van der Waals surface area (Å²) in [6, 6.07) is 0.515. The van der Waals surface area contributed by atoms with Crippen molar-refractivity contribution in [3.8, 4) is 0 Å². The molecule has 3 aliphatic carbocycles. The maximum absolute atomic E-state index is 13.1. The van der Waals surface area contributed by atoms with E-state index >= 15 is 0 Å². The number of morpholine rings is 1. The zero-order chi connectivity index (χ0) is 30.6. The molecule has 8 nitrogen and oxygen atoms in total. The van der Waals surface area contributed by atoms with Crippen LogP contribution >= 0.6 is 0 Å². The number of amides is 1. The lowest BCUT2D eigenvalue weighted by molar-refractivity contribution is -0.152. The number of carbonyl (C=O) groups is 2. The highest BCUT2D eigenvalue weighted by molar-refractivity contribution is 5.69. The van der Waals surface area contributed by atoms with Crippen molar-refractivity contribution in [1.82, 2.24) is 10.2 Å². The third-order valence-electron chi connectivity index (χ3n) is 13.9. The highest BCUT2D eigenvalue weighted by Crippen LogP contribution is 2.82. The van der Waals surface area contributed by atoms with Crippen LogP contribution in [0.3, 0.4) is 0 Å². The van der Waals surface area contributed by atoms with Crippen molar-refractivity contribution in [2.24, 2.45) is 39.4 Å². The van der Waals surface area contributed by atoms with Crippen LogP contribution in [0.1, 0.15) is 105 Å². The van der Waals surface area contributed by atoms with Crippen molar-refractivity contribution < 1.29 is 28.5 Å². The minimum atomic E-state index is -0.152. The number of rotatable bonds is 5. The Hall–Kier alpha value is -1.38. The minimum Gasteiger partial charge on any atom is -0.469 e. The van der Waals surface area contributed by atoms with E-state index in [-0.39, 0.29) is 41.2 Å². The molecular weight excluding hydrogens is 544 g/mol. The van der Waals surface area contributed by atoms with Gasteiger partial charge in [0, 0.05) is 37.5 Å². The third-order valence-corrected chi connectivity index (χ3v) is 13.9. The Morgan fingerprint density at radius 3 is 2.51 bits per heavy atom. The van der Waals surface area contributed by atoms with Gasteiger partial charge in [0.1, 0.15) is 6.10 Å². The van der Waals surface area contributed by atoms with Gasteiger partial charge < -0.3 is 29.2 Å². The number of methoxy groups -OCH3 is 1. The van der Waals surface area contributed by atoms with Crippen molar-refractivity contribution >= 4 is 12.1 Å². The number of fused-ring (bicyclic) bond motifs is 1. The predicted octanol–water partition coefficient (Wildman–Crippen LogP) is 5.96. The Morgan fingerprint density at radius 1 is 1.02 bits per heavy atom. The topological polar surface area (TPSA) is 86.3 Å².